The summed E-state index contributed by atoms with van der Waals surface area (Å²) >= 11 is 0. The van der Waals surface area contributed by atoms with Gasteiger partial charge in [0.15, 0.2) is 0 Å². The van der Waals surface area contributed by atoms with Gasteiger partial charge in [0, 0.05) is 6.20 Å². The highest BCUT2D eigenvalue weighted by atomic mass is 32.2. The molecule has 1 aliphatic carbocycles. The molecule has 2 N–H and O–H groups in total. The number of hydrogen-bond acceptors (Lipinski definition) is 4. The molecule has 1 amide bonds. The van der Waals surface area contributed by atoms with Crippen LogP contribution in [0.1, 0.15) is 35.6 Å². The summed E-state index contributed by atoms with van der Waals surface area (Å²) in [5.41, 5.74) is 2.31. The zero-order valence-corrected chi connectivity index (χ0v) is 18.3. The van der Waals surface area contributed by atoms with E-state index in [1.807, 2.05) is 18.2 Å². The Kier molecular flexibility index (Phi) is 6.41. The van der Waals surface area contributed by atoms with Gasteiger partial charge in [0.2, 0.25) is 15.9 Å². The number of benzene rings is 2. The van der Waals surface area contributed by atoms with E-state index < -0.39 is 15.6 Å². The number of sulfonamides is 1. The summed E-state index contributed by atoms with van der Waals surface area (Å²) in [5.74, 6) is -0.540. The van der Waals surface area contributed by atoms with Gasteiger partial charge in [0.1, 0.15) is 12.2 Å². The second kappa shape index (κ2) is 9.40. The number of nitrogens with zero attached hydrogens (tertiary/aromatic N) is 1. The lowest BCUT2D eigenvalue weighted by molar-refractivity contribution is -0.122. The van der Waals surface area contributed by atoms with Crippen molar-refractivity contribution in [2.75, 3.05) is 4.72 Å². The lowest BCUT2D eigenvalue weighted by atomic mass is 9.88. The van der Waals surface area contributed by atoms with E-state index in [9.17, 15) is 18.0 Å². The molecule has 7 nitrogen and oxygen atoms in total. The molecular formula is C24H25N3O4S. The molecule has 1 aliphatic rings. The van der Waals surface area contributed by atoms with Gasteiger partial charge in [0.05, 0.1) is 11.8 Å². The Bertz CT molecular complexity index is 1270. The quantitative estimate of drug-likeness (QED) is 0.577. The van der Waals surface area contributed by atoms with Crippen LogP contribution in [0.15, 0.2) is 77.7 Å². The Morgan fingerprint density at radius 2 is 1.75 bits per heavy atom. The Morgan fingerprint density at radius 3 is 2.56 bits per heavy atom. The molecule has 0 fully saturated rings. The average molecular weight is 452 g/mol. The molecule has 0 unspecified atom stereocenters. The highest BCUT2D eigenvalue weighted by Crippen LogP contribution is 2.29. The maximum Gasteiger partial charge on any atom is 0.275 e. The predicted molar refractivity (Wildman–Crippen MR) is 124 cm³/mol. The van der Waals surface area contributed by atoms with Crippen molar-refractivity contribution in [1.82, 2.24) is 9.88 Å². The van der Waals surface area contributed by atoms with Gasteiger partial charge in [0.25, 0.3) is 5.56 Å². The van der Waals surface area contributed by atoms with Gasteiger partial charge in [-0.05, 0) is 48.1 Å². The van der Waals surface area contributed by atoms with E-state index >= 15 is 0 Å². The second-order valence-corrected chi connectivity index (χ2v) is 9.64. The van der Waals surface area contributed by atoms with Crippen LogP contribution >= 0.6 is 0 Å². The first-order valence-electron chi connectivity index (χ1n) is 10.5. The predicted octanol–water partition coefficient (Wildman–Crippen LogP) is 2.98. The van der Waals surface area contributed by atoms with Crippen molar-refractivity contribution in [1.29, 1.82) is 0 Å². The fraction of sp³-hybridized carbons (Fsp3) is 0.250. The summed E-state index contributed by atoms with van der Waals surface area (Å²) in [4.78, 5) is 25.5. The SMILES string of the molecule is O=C(Cn1cccc(NS(=O)(=O)Cc2ccccc2)c1=O)N[C@@H]1CCCc2ccccc21. The van der Waals surface area contributed by atoms with Crippen molar-refractivity contribution >= 4 is 21.6 Å². The molecule has 166 valence electrons. The van der Waals surface area contributed by atoms with Crippen molar-refractivity contribution in [3.05, 3.63) is 100.0 Å². The first-order chi connectivity index (χ1) is 15.4. The van der Waals surface area contributed by atoms with E-state index in [0.29, 0.717) is 5.56 Å². The third-order valence-corrected chi connectivity index (χ3v) is 6.75. The standard InChI is InChI=1S/C24H25N3O4S/c28-23(25-21-13-6-11-19-10-4-5-12-20(19)21)16-27-15-7-14-22(24(27)29)26-32(30,31)17-18-8-2-1-3-9-18/h1-5,7-10,12,14-15,21,26H,6,11,13,16-17H2,(H,25,28)/t21-/m1/s1. The van der Waals surface area contributed by atoms with Gasteiger partial charge in [-0.3, -0.25) is 14.3 Å². The Hall–Kier alpha value is -3.39. The molecular weight excluding hydrogens is 426 g/mol. The second-order valence-electron chi connectivity index (χ2n) is 7.91. The number of carbonyl (C=O) groups is 1. The molecule has 1 atom stereocenters. The maximum absolute atomic E-state index is 12.8. The lowest BCUT2D eigenvalue weighted by Crippen LogP contribution is -2.36. The lowest BCUT2D eigenvalue weighted by Gasteiger charge is -2.26. The number of nitrogens with one attached hydrogen (secondary N) is 2. The summed E-state index contributed by atoms with van der Waals surface area (Å²) in [6, 6.07) is 19.6. The zero-order valence-electron chi connectivity index (χ0n) is 17.5. The van der Waals surface area contributed by atoms with Gasteiger partial charge in [-0.15, -0.1) is 0 Å². The van der Waals surface area contributed by atoms with Crippen LogP contribution in [0.25, 0.3) is 0 Å². The van der Waals surface area contributed by atoms with Crippen LogP contribution in [0.5, 0.6) is 0 Å². The summed E-state index contributed by atoms with van der Waals surface area (Å²) in [6.45, 7) is -0.189. The van der Waals surface area contributed by atoms with Gasteiger partial charge in [-0.1, -0.05) is 54.6 Å². The average Bonchev–Trinajstić information content (AvgIpc) is 2.77. The molecule has 0 saturated heterocycles. The van der Waals surface area contributed by atoms with Crippen LogP contribution < -0.4 is 15.6 Å². The van der Waals surface area contributed by atoms with Gasteiger partial charge < -0.3 is 9.88 Å². The molecule has 2 aromatic carbocycles. The van der Waals surface area contributed by atoms with Crippen molar-refractivity contribution in [3.63, 3.8) is 0 Å². The van der Waals surface area contributed by atoms with Crippen LogP contribution in [-0.2, 0) is 33.5 Å². The van der Waals surface area contributed by atoms with E-state index in [1.165, 1.54) is 22.4 Å². The fourth-order valence-electron chi connectivity index (χ4n) is 4.03. The van der Waals surface area contributed by atoms with E-state index in [4.69, 9.17) is 0 Å². The Balaban J connectivity index is 1.45. The molecule has 32 heavy (non-hydrogen) atoms. The first-order valence-corrected chi connectivity index (χ1v) is 12.2. The number of hydrogen-bond donors (Lipinski definition) is 2. The van der Waals surface area contributed by atoms with Gasteiger partial charge in [-0.2, -0.15) is 0 Å². The molecule has 3 aromatic rings. The van der Waals surface area contributed by atoms with E-state index in [2.05, 4.69) is 16.1 Å². The number of rotatable bonds is 7. The summed E-state index contributed by atoms with van der Waals surface area (Å²) in [7, 11) is -3.78. The smallest absolute Gasteiger partial charge is 0.275 e. The summed E-state index contributed by atoms with van der Waals surface area (Å²) < 4.78 is 28.6. The highest BCUT2D eigenvalue weighted by Gasteiger charge is 2.22. The number of aryl methyl sites for hydroxylation is 1. The third-order valence-electron chi connectivity index (χ3n) is 5.50. The van der Waals surface area contributed by atoms with Gasteiger partial charge >= 0.3 is 0 Å². The molecule has 0 bridgehead atoms. The van der Waals surface area contributed by atoms with Crippen LogP contribution in [-0.4, -0.2) is 18.9 Å². The van der Waals surface area contributed by atoms with Crippen LogP contribution in [0, 0.1) is 0 Å². The number of pyridine rings is 1. The minimum atomic E-state index is -3.78. The minimum Gasteiger partial charge on any atom is -0.348 e. The topological polar surface area (TPSA) is 97.3 Å². The molecule has 0 saturated carbocycles. The Labute approximate surface area is 187 Å². The molecule has 8 heteroatoms. The van der Waals surface area contributed by atoms with Crippen molar-refractivity contribution in [3.8, 4) is 0 Å². The molecule has 0 radical (unpaired) electrons. The maximum atomic E-state index is 12.8. The minimum absolute atomic E-state index is 0.0840. The van der Waals surface area contributed by atoms with Crippen LogP contribution in [0.2, 0.25) is 0 Å². The number of amides is 1. The van der Waals surface area contributed by atoms with E-state index in [-0.39, 0.29) is 29.9 Å². The monoisotopic (exact) mass is 451 g/mol. The molecule has 4 rings (SSSR count). The Morgan fingerprint density at radius 1 is 1.00 bits per heavy atom. The molecule has 1 aromatic heterocycles. The number of fused-ring (bicyclic) bond motifs is 1. The highest BCUT2D eigenvalue weighted by molar-refractivity contribution is 7.91. The summed E-state index contributed by atoms with van der Waals surface area (Å²) in [5, 5.41) is 3.01. The van der Waals surface area contributed by atoms with Crippen LogP contribution in [0.3, 0.4) is 0 Å². The normalized spacial score (nSPS) is 15.6. The first kappa shape index (κ1) is 21.8. The fourth-order valence-corrected chi connectivity index (χ4v) is 5.23. The molecule has 1 heterocycles. The van der Waals surface area contributed by atoms with E-state index in [0.717, 1.165) is 24.8 Å². The largest absolute Gasteiger partial charge is 0.348 e. The van der Waals surface area contributed by atoms with E-state index in [1.54, 1.807) is 36.4 Å². The van der Waals surface area contributed by atoms with Crippen molar-refractivity contribution in [2.45, 2.75) is 37.6 Å². The molecule has 0 aliphatic heterocycles. The number of anilines is 1. The van der Waals surface area contributed by atoms with Gasteiger partial charge in [-0.25, -0.2) is 8.42 Å². The van der Waals surface area contributed by atoms with Crippen molar-refractivity contribution < 1.29 is 13.2 Å². The zero-order chi connectivity index (χ0) is 22.6. The van der Waals surface area contributed by atoms with Crippen LogP contribution in [0.4, 0.5) is 5.69 Å². The summed E-state index contributed by atoms with van der Waals surface area (Å²) in [6.07, 6.45) is 4.30. The third kappa shape index (κ3) is 5.26. The number of aromatic nitrogens is 1. The molecule has 0 spiro atoms. The number of carbonyl (C=O) groups excluding carboxylic acids is 1. The van der Waals surface area contributed by atoms with Crippen molar-refractivity contribution in [2.24, 2.45) is 0 Å².